The van der Waals surface area contributed by atoms with Crippen LogP contribution >= 0.6 is 0 Å². The van der Waals surface area contributed by atoms with Gasteiger partial charge in [-0.3, -0.25) is 0 Å². The number of anilines is 1. The number of nitrogens with two attached hydrogens (primary N) is 1. The third kappa shape index (κ3) is 1.83. The second-order valence-electron chi connectivity index (χ2n) is 2.99. The summed E-state index contributed by atoms with van der Waals surface area (Å²) in [6.07, 6.45) is 1.87. The Balaban J connectivity index is 3.14. The molecule has 0 aliphatic heterocycles. The number of allylic oxidation sites excluding steroid dienone is 1. The van der Waals surface area contributed by atoms with Crippen LogP contribution in [0.1, 0.15) is 18.4 Å². The average Bonchev–Trinajstić information content (AvgIpc) is 2.17. The van der Waals surface area contributed by atoms with Crippen LogP contribution < -0.4 is 10.5 Å². The first-order valence-corrected chi connectivity index (χ1v) is 4.25. The molecule has 0 aliphatic rings. The molecule has 0 aliphatic carbocycles. The lowest BCUT2D eigenvalue weighted by molar-refractivity contribution is 0.416. The first-order valence-electron chi connectivity index (χ1n) is 4.25. The summed E-state index contributed by atoms with van der Waals surface area (Å²) in [5, 5.41) is 0. The predicted molar refractivity (Wildman–Crippen MR) is 56.0 cm³/mol. The van der Waals surface area contributed by atoms with E-state index < -0.39 is 0 Å². The summed E-state index contributed by atoms with van der Waals surface area (Å²) in [6, 6.07) is 5.78. The topological polar surface area (TPSA) is 35.2 Å². The monoisotopic (exact) mass is 177 g/mol. The van der Waals surface area contributed by atoms with Crippen molar-refractivity contribution in [2.75, 3.05) is 12.8 Å². The van der Waals surface area contributed by atoms with E-state index in [2.05, 4.69) is 13.5 Å². The van der Waals surface area contributed by atoms with Gasteiger partial charge in [0.25, 0.3) is 0 Å². The molecule has 0 heterocycles. The molecule has 0 amide bonds. The summed E-state index contributed by atoms with van der Waals surface area (Å²) >= 11 is 0. The van der Waals surface area contributed by atoms with Gasteiger partial charge >= 0.3 is 0 Å². The quantitative estimate of drug-likeness (QED) is 0.569. The van der Waals surface area contributed by atoms with Crippen molar-refractivity contribution in [3.05, 3.63) is 36.4 Å². The molecule has 0 fully saturated rings. The van der Waals surface area contributed by atoms with Gasteiger partial charge in [-0.2, -0.15) is 0 Å². The number of methoxy groups -OCH3 is 1. The van der Waals surface area contributed by atoms with Crippen LogP contribution in [0.5, 0.6) is 5.75 Å². The normalized spacial score (nSPS) is 12.2. The highest BCUT2D eigenvalue weighted by Crippen LogP contribution is 2.30. The first kappa shape index (κ1) is 9.65. The predicted octanol–water partition coefficient (Wildman–Crippen LogP) is 2.57. The molecule has 0 aromatic heterocycles. The Labute approximate surface area is 79.0 Å². The molecule has 2 N–H and O–H groups in total. The standard InChI is InChI=1S/C11H15NO/c1-4-8(2)9-6-5-7-10(13-3)11(9)12/h4-8H,1,12H2,2-3H3. The van der Waals surface area contributed by atoms with E-state index in [0.717, 1.165) is 11.3 Å². The molecule has 2 nitrogen and oxygen atoms in total. The van der Waals surface area contributed by atoms with Crippen LogP contribution in [0.25, 0.3) is 0 Å². The molecule has 1 aromatic rings. The van der Waals surface area contributed by atoms with Crippen molar-refractivity contribution in [3.63, 3.8) is 0 Å². The van der Waals surface area contributed by atoms with Crippen LogP contribution in [0.15, 0.2) is 30.9 Å². The molecular formula is C11H15NO. The van der Waals surface area contributed by atoms with Gasteiger partial charge in [0, 0.05) is 5.92 Å². The third-order valence-corrected chi connectivity index (χ3v) is 2.16. The lowest BCUT2D eigenvalue weighted by Crippen LogP contribution is -1.99. The number of nitrogen functional groups attached to an aromatic ring is 1. The molecule has 0 saturated heterocycles. The fourth-order valence-electron chi connectivity index (χ4n) is 1.26. The summed E-state index contributed by atoms with van der Waals surface area (Å²) in [5.41, 5.74) is 7.67. The van der Waals surface area contributed by atoms with Crippen LogP contribution in [-0.4, -0.2) is 7.11 Å². The van der Waals surface area contributed by atoms with Gasteiger partial charge in [0.1, 0.15) is 5.75 Å². The number of rotatable bonds is 3. The van der Waals surface area contributed by atoms with Crippen molar-refractivity contribution in [1.29, 1.82) is 0 Å². The fraction of sp³-hybridized carbons (Fsp3) is 0.273. The molecule has 13 heavy (non-hydrogen) atoms. The van der Waals surface area contributed by atoms with Gasteiger partial charge < -0.3 is 10.5 Å². The summed E-state index contributed by atoms with van der Waals surface area (Å²) in [5.74, 6) is 0.987. The molecule has 0 spiro atoms. The van der Waals surface area contributed by atoms with Crippen molar-refractivity contribution < 1.29 is 4.74 Å². The summed E-state index contributed by atoms with van der Waals surface area (Å²) in [6.45, 7) is 5.79. The molecule has 0 bridgehead atoms. The molecule has 1 rings (SSSR count). The Morgan fingerprint density at radius 3 is 2.77 bits per heavy atom. The summed E-state index contributed by atoms with van der Waals surface area (Å²) in [7, 11) is 1.62. The van der Waals surface area contributed by atoms with E-state index in [1.54, 1.807) is 7.11 Å². The fourth-order valence-corrected chi connectivity index (χ4v) is 1.26. The Hall–Kier alpha value is -1.44. The van der Waals surface area contributed by atoms with Gasteiger partial charge in [-0.1, -0.05) is 25.1 Å². The van der Waals surface area contributed by atoms with Gasteiger partial charge in [0.15, 0.2) is 0 Å². The van der Waals surface area contributed by atoms with Crippen molar-refractivity contribution in [1.82, 2.24) is 0 Å². The Morgan fingerprint density at radius 1 is 1.54 bits per heavy atom. The number of ether oxygens (including phenoxy) is 1. The zero-order valence-electron chi connectivity index (χ0n) is 8.08. The average molecular weight is 177 g/mol. The highest BCUT2D eigenvalue weighted by Gasteiger charge is 2.08. The minimum absolute atomic E-state index is 0.259. The third-order valence-electron chi connectivity index (χ3n) is 2.16. The van der Waals surface area contributed by atoms with Gasteiger partial charge in [-0.05, 0) is 11.6 Å². The number of hydrogen-bond acceptors (Lipinski definition) is 2. The molecule has 1 unspecified atom stereocenters. The zero-order chi connectivity index (χ0) is 9.84. The SMILES string of the molecule is C=CC(C)c1cccc(OC)c1N. The van der Waals surface area contributed by atoms with E-state index in [-0.39, 0.29) is 5.92 Å². The summed E-state index contributed by atoms with van der Waals surface area (Å²) in [4.78, 5) is 0. The number of benzene rings is 1. The van der Waals surface area contributed by atoms with Crippen LogP contribution in [0.2, 0.25) is 0 Å². The van der Waals surface area contributed by atoms with E-state index in [4.69, 9.17) is 10.5 Å². The maximum atomic E-state index is 5.90. The molecule has 2 heteroatoms. The Morgan fingerprint density at radius 2 is 2.23 bits per heavy atom. The maximum Gasteiger partial charge on any atom is 0.142 e. The minimum atomic E-state index is 0.259. The lowest BCUT2D eigenvalue weighted by Gasteiger charge is -2.12. The molecular weight excluding hydrogens is 162 g/mol. The van der Waals surface area contributed by atoms with E-state index in [1.807, 2.05) is 24.3 Å². The van der Waals surface area contributed by atoms with Crippen LogP contribution in [0.3, 0.4) is 0 Å². The largest absolute Gasteiger partial charge is 0.495 e. The van der Waals surface area contributed by atoms with Crippen LogP contribution in [-0.2, 0) is 0 Å². The van der Waals surface area contributed by atoms with Crippen LogP contribution in [0.4, 0.5) is 5.69 Å². The first-order chi connectivity index (χ1) is 6.20. The second-order valence-corrected chi connectivity index (χ2v) is 2.99. The number of hydrogen-bond donors (Lipinski definition) is 1. The zero-order valence-corrected chi connectivity index (χ0v) is 8.08. The minimum Gasteiger partial charge on any atom is -0.495 e. The highest BCUT2D eigenvalue weighted by molar-refractivity contribution is 5.60. The van der Waals surface area contributed by atoms with Gasteiger partial charge in [-0.15, -0.1) is 6.58 Å². The second kappa shape index (κ2) is 3.99. The maximum absolute atomic E-state index is 5.90. The summed E-state index contributed by atoms with van der Waals surface area (Å²) < 4.78 is 5.12. The van der Waals surface area contributed by atoms with Crippen molar-refractivity contribution >= 4 is 5.69 Å². The van der Waals surface area contributed by atoms with Crippen LogP contribution in [0, 0.1) is 0 Å². The molecule has 1 aromatic carbocycles. The van der Waals surface area contributed by atoms with Crippen molar-refractivity contribution in [3.8, 4) is 5.75 Å². The molecule has 70 valence electrons. The van der Waals surface area contributed by atoms with E-state index in [0.29, 0.717) is 5.69 Å². The van der Waals surface area contributed by atoms with Gasteiger partial charge in [0.2, 0.25) is 0 Å². The number of para-hydroxylation sites is 1. The molecule has 0 saturated carbocycles. The lowest BCUT2D eigenvalue weighted by atomic mass is 9.99. The van der Waals surface area contributed by atoms with Crippen molar-refractivity contribution in [2.45, 2.75) is 12.8 Å². The van der Waals surface area contributed by atoms with Gasteiger partial charge in [-0.25, -0.2) is 0 Å². The smallest absolute Gasteiger partial charge is 0.142 e. The van der Waals surface area contributed by atoms with E-state index in [9.17, 15) is 0 Å². The molecule has 0 radical (unpaired) electrons. The van der Waals surface area contributed by atoms with E-state index in [1.165, 1.54) is 0 Å². The van der Waals surface area contributed by atoms with Crippen molar-refractivity contribution in [2.24, 2.45) is 0 Å². The molecule has 1 atom stereocenters. The van der Waals surface area contributed by atoms with E-state index >= 15 is 0 Å². The highest BCUT2D eigenvalue weighted by atomic mass is 16.5. The Kier molecular flexibility index (Phi) is 2.96. The van der Waals surface area contributed by atoms with Gasteiger partial charge in [0.05, 0.1) is 12.8 Å². The Bertz CT molecular complexity index is 307.